The highest BCUT2D eigenvalue weighted by atomic mass is 16.7. The molecule has 76 valence electrons. The largest absolute Gasteiger partial charge is 0.411 e. The molecule has 1 aromatic rings. The van der Waals surface area contributed by atoms with Gasteiger partial charge in [-0.2, -0.15) is 0 Å². The quantitative estimate of drug-likeness (QED) is 0.254. The fourth-order valence-electron chi connectivity index (χ4n) is 1.02. The summed E-state index contributed by atoms with van der Waals surface area (Å²) in [5, 5.41) is 11.9. The molecule has 0 spiro atoms. The van der Waals surface area contributed by atoms with Crippen molar-refractivity contribution in [2.24, 2.45) is 5.16 Å². The number of nitrogens with zero attached hydrogens (tertiary/aromatic N) is 1. The molecular formula is C10H13NO3. The van der Waals surface area contributed by atoms with E-state index in [1.54, 1.807) is 0 Å². The Morgan fingerprint density at radius 3 is 2.64 bits per heavy atom. The van der Waals surface area contributed by atoms with Crippen LogP contribution < -0.4 is 0 Å². The van der Waals surface area contributed by atoms with Gasteiger partial charge in [-0.15, -0.1) is 0 Å². The van der Waals surface area contributed by atoms with Crippen LogP contribution in [-0.4, -0.2) is 31.4 Å². The number of methoxy groups -OCH3 is 1. The molecule has 0 aliphatic carbocycles. The van der Waals surface area contributed by atoms with E-state index in [1.807, 2.05) is 30.3 Å². The second-order valence-electron chi connectivity index (χ2n) is 2.67. The first-order valence-corrected chi connectivity index (χ1v) is 4.21. The van der Waals surface area contributed by atoms with Crippen molar-refractivity contribution in [3.63, 3.8) is 0 Å². The lowest BCUT2D eigenvalue weighted by Gasteiger charge is -2.04. The Balaban J connectivity index is 2.56. The molecule has 4 nitrogen and oxygen atoms in total. The van der Waals surface area contributed by atoms with E-state index in [1.165, 1.54) is 7.11 Å². The molecule has 0 unspecified atom stereocenters. The molecule has 1 N–H and O–H groups in total. The number of ether oxygens (including phenoxy) is 2. The summed E-state index contributed by atoms with van der Waals surface area (Å²) in [5.41, 5.74) is 1.33. The Kier molecular flexibility index (Phi) is 4.68. The normalized spacial score (nSPS) is 11.6. The fraction of sp³-hybridized carbons (Fsp3) is 0.300. The zero-order valence-electron chi connectivity index (χ0n) is 8.01. The van der Waals surface area contributed by atoms with E-state index >= 15 is 0 Å². The Morgan fingerprint density at radius 2 is 2.07 bits per heavy atom. The van der Waals surface area contributed by atoms with Gasteiger partial charge in [0, 0.05) is 12.7 Å². The highest BCUT2D eigenvalue weighted by Gasteiger charge is 2.02. The van der Waals surface area contributed by atoms with Crippen LogP contribution in [0.3, 0.4) is 0 Å². The van der Waals surface area contributed by atoms with Crippen LogP contribution in [0.4, 0.5) is 0 Å². The molecule has 0 aliphatic heterocycles. The van der Waals surface area contributed by atoms with Gasteiger partial charge in [0.05, 0.1) is 6.61 Å². The van der Waals surface area contributed by atoms with E-state index < -0.39 is 0 Å². The first kappa shape index (κ1) is 10.7. The van der Waals surface area contributed by atoms with Crippen molar-refractivity contribution < 1.29 is 14.7 Å². The molecule has 0 aliphatic rings. The fourth-order valence-corrected chi connectivity index (χ4v) is 1.02. The van der Waals surface area contributed by atoms with Crippen molar-refractivity contribution in [1.82, 2.24) is 0 Å². The summed E-state index contributed by atoms with van der Waals surface area (Å²) in [5.74, 6) is 0. The molecule has 0 saturated heterocycles. The van der Waals surface area contributed by atoms with Crippen LogP contribution in [0.2, 0.25) is 0 Å². The lowest BCUT2D eigenvalue weighted by atomic mass is 10.1. The van der Waals surface area contributed by atoms with Crippen molar-refractivity contribution in [2.75, 3.05) is 20.5 Å². The van der Waals surface area contributed by atoms with Gasteiger partial charge in [-0.1, -0.05) is 35.5 Å². The van der Waals surface area contributed by atoms with Gasteiger partial charge in [-0.05, 0) is 0 Å². The molecule has 4 heteroatoms. The maximum absolute atomic E-state index is 8.75. The van der Waals surface area contributed by atoms with Gasteiger partial charge in [-0.25, -0.2) is 0 Å². The van der Waals surface area contributed by atoms with E-state index in [0.29, 0.717) is 5.71 Å². The molecule has 0 fully saturated rings. The Hall–Kier alpha value is -1.39. The van der Waals surface area contributed by atoms with Gasteiger partial charge in [-0.3, -0.25) is 0 Å². The molecule has 1 aromatic carbocycles. The summed E-state index contributed by atoms with van der Waals surface area (Å²) >= 11 is 0. The maximum atomic E-state index is 8.75. The van der Waals surface area contributed by atoms with Gasteiger partial charge in [0.1, 0.15) is 12.5 Å². The van der Waals surface area contributed by atoms with Crippen LogP contribution in [0.25, 0.3) is 0 Å². The van der Waals surface area contributed by atoms with E-state index in [2.05, 4.69) is 5.16 Å². The number of rotatable bonds is 5. The lowest BCUT2D eigenvalue weighted by Crippen LogP contribution is -2.11. The maximum Gasteiger partial charge on any atom is 0.146 e. The molecule has 0 saturated carbocycles. The molecular weight excluding hydrogens is 182 g/mol. The van der Waals surface area contributed by atoms with Gasteiger partial charge in [0.25, 0.3) is 0 Å². The van der Waals surface area contributed by atoms with Crippen LogP contribution in [-0.2, 0) is 9.47 Å². The zero-order valence-corrected chi connectivity index (χ0v) is 8.01. The first-order chi connectivity index (χ1) is 6.88. The Labute approximate surface area is 82.8 Å². The van der Waals surface area contributed by atoms with Crippen LogP contribution in [0, 0.1) is 0 Å². The summed E-state index contributed by atoms with van der Waals surface area (Å²) in [6, 6.07) is 9.35. The third kappa shape index (κ3) is 3.16. The average molecular weight is 195 g/mol. The monoisotopic (exact) mass is 195 g/mol. The topological polar surface area (TPSA) is 51.0 Å². The van der Waals surface area contributed by atoms with Crippen LogP contribution in [0.1, 0.15) is 5.56 Å². The lowest BCUT2D eigenvalue weighted by molar-refractivity contribution is -0.0148. The molecule has 0 atom stereocenters. The summed E-state index contributed by atoms with van der Waals surface area (Å²) in [6.45, 7) is 0.417. The van der Waals surface area contributed by atoms with Gasteiger partial charge >= 0.3 is 0 Å². The van der Waals surface area contributed by atoms with E-state index in [0.717, 1.165) is 5.56 Å². The molecule has 0 amide bonds. The van der Waals surface area contributed by atoms with Crippen LogP contribution in [0.5, 0.6) is 0 Å². The standard InChI is InChI=1S/C10H13NO3/c1-13-8-14-7-10(11-12)9-5-3-2-4-6-9/h2-6,12H,7-8H2,1H3/b11-10+. The van der Waals surface area contributed by atoms with Gasteiger partial charge in [0.15, 0.2) is 0 Å². The minimum absolute atomic E-state index is 0.186. The summed E-state index contributed by atoms with van der Waals surface area (Å²) in [4.78, 5) is 0. The summed E-state index contributed by atoms with van der Waals surface area (Å²) in [7, 11) is 1.54. The molecule has 14 heavy (non-hydrogen) atoms. The molecule has 0 bridgehead atoms. The predicted octanol–water partition coefficient (Wildman–Crippen LogP) is 1.49. The molecule has 1 rings (SSSR count). The molecule has 0 radical (unpaired) electrons. The minimum Gasteiger partial charge on any atom is -0.411 e. The van der Waals surface area contributed by atoms with Crippen LogP contribution in [0.15, 0.2) is 35.5 Å². The second-order valence-corrected chi connectivity index (χ2v) is 2.67. The van der Waals surface area contributed by atoms with E-state index in [4.69, 9.17) is 14.7 Å². The summed E-state index contributed by atoms with van der Waals surface area (Å²) in [6.07, 6.45) is 0. The van der Waals surface area contributed by atoms with E-state index in [-0.39, 0.29) is 13.4 Å². The predicted molar refractivity (Wildman–Crippen MR) is 52.6 cm³/mol. The minimum atomic E-state index is 0.186. The molecule has 0 aromatic heterocycles. The van der Waals surface area contributed by atoms with Gasteiger partial charge < -0.3 is 14.7 Å². The molecule has 0 heterocycles. The Morgan fingerprint density at radius 1 is 1.36 bits per heavy atom. The van der Waals surface area contributed by atoms with Crippen molar-refractivity contribution in [3.8, 4) is 0 Å². The van der Waals surface area contributed by atoms with Gasteiger partial charge in [0.2, 0.25) is 0 Å². The highest BCUT2D eigenvalue weighted by molar-refractivity contribution is 6.01. The third-order valence-electron chi connectivity index (χ3n) is 1.67. The number of oxime groups is 1. The highest BCUT2D eigenvalue weighted by Crippen LogP contribution is 2.01. The SMILES string of the molecule is COCOC/C(=N\O)c1ccccc1. The van der Waals surface area contributed by atoms with Crippen molar-refractivity contribution in [1.29, 1.82) is 0 Å². The first-order valence-electron chi connectivity index (χ1n) is 4.21. The average Bonchev–Trinajstić information content (AvgIpc) is 2.26. The second kappa shape index (κ2) is 6.12. The van der Waals surface area contributed by atoms with Crippen molar-refractivity contribution in [3.05, 3.63) is 35.9 Å². The number of benzene rings is 1. The van der Waals surface area contributed by atoms with E-state index in [9.17, 15) is 0 Å². The van der Waals surface area contributed by atoms with Crippen molar-refractivity contribution >= 4 is 5.71 Å². The third-order valence-corrected chi connectivity index (χ3v) is 1.67. The number of hydrogen-bond donors (Lipinski definition) is 1. The van der Waals surface area contributed by atoms with Crippen LogP contribution >= 0.6 is 0 Å². The smallest absolute Gasteiger partial charge is 0.146 e. The zero-order chi connectivity index (χ0) is 10.2. The Bertz CT molecular complexity index is 285. The van der Waals surface area contributed by atoms with Crippen molar-refractivity contribution in [2.45, 2.75) is 0 Å². The number of hydrogen-bond acceptors (Lipinski definition) is 4. The summed E-state index contributed by atoms with van der Waals surface area (Å²) < 4.78 is 9.79.